The monoisotopic (exact) mass is 191 g/mol. The Morgan fingerprint density at radius 2 is 2.42 bits per heavy atom. The van der Waals surface area contributed by atoms with Gasteiger partial charge in [0.2, 0.25) is 5.91 Å². The lowest BCUT2D eigenvalue weighted by Crippen LogP contribution is -2.39. The number of alkyl halides is 1. The summed E-state index contributed by atoms with van der Waals surface area (Å²) in [5.41, 5.74) is 0. The summed E-state index contributed by atoms with van der Waals surface area (Å²) in [6, 6.07) is 0. The smallest absolute Gasteiger partial charge is 0.220 e. The summed E-state index contributed by atoms with van der Waals surface area (Å²) in [6.45, 7) is 1.49. The lowest BCUT2D eigenvalue weighted by Gasteiger charge is -2.26. The number of carbonyl (C=O) groups excluding carboxylic acids is 1. The number of hydrogen-bond donors (Lipinski definition) is 1. The Morgan fingerprint density at radius 3 is 2.92 bits per heavy atom. The van der Waals surface area contributed by atoms with E-state index < -0.39 is 0 Å². The van der Waals surface area contributed by atoms with Crippen LogP contribution in [0.3, 0.4) is 0 Å². The third kappa shape index (κ3) is 3.41. The fourth-order valence-corrected chi connectivity index (χ4v) is 1.12. The van der Waals surface area contributed by atoms with Crippen LogP contribution in [0.4, 0.5) is 0 Å². The number of hydrogen-bond acceptors (Lipinski definition) is 2. The average molecular weight is 192 g/mol. The summed E-state index contributed by atoms with van der Waals surface area (Å²) in [6.07, 6.45) is 2.59. The van der Waals surface area contributed by atoms with Crippen molar-refractivity contribution in [1.29, 1.82) is 0 Å². The van der Waals surface area contributed by atoms with E-state index in [2.05, 4.69) is 5.32 Å². The van der Waals surface area contributed by atoms with Crippen molar-refractivity contribution < 1.29 is 9.53 Å². The molecule has 0 spiro atoms. The Hall–Kier alpha value is -0.280. The molecule has 1 rings (SSSR count). The number of rotatable bonds is 5. The lowest BCUT2D eigenvalue weighted by atomic mass is 10.2. The van der Waals surface area contributed by atoms with Gasteiger partial charge in [0.05, 0.1) is 6.10 Å². The van der Waals surface area contributed by atoms with E-state index in [0.29, 0.717) is 18.8 Å². The maximum absolute atomic E-state index is 11.0. The second kappa shape index (κ2) is 5.38. The number of ether oxygens (including phenoxy) is 1. The molecule has 0 aliphatic carbocycles. The summed E-state index contributed by atoms with van der Waals surface area (Å²) in [5.74, 6) is 0.624. The quantitative estimate of drug-likeness (QED) is 0.657. The molecule has 3 nitrogen and oxygen atoms in total. The first kappa shape index (κ1) is 9.81. The lowest BCUT2D eigenvalue weighted by molar-refractivity contribution is -0.123. The first-order valence-electron chi connectivity index (χ1n) is 4.27. The molecule has 1 fully saturated rings. The van der Waals surface area contributed by atoms with Gasteiger partial charge in [-0.15, -0.1) is 11.6 Å². The van der Waals surface area contributed by atoms with E-state index >= 15 is 0 Å². The molecule has 0 aromatic carbocycles. The summed E-state index contributed by atoms with van der Waals surface area (Å²) >= 11 is 5.44. The van der Waals surface area contributed by atoms with Crippen molar-refractivity contribution in [3.05, 3.63) is 0 Å². The van der Waals surface area contributed by atoms with Crippen LogP contribution in [0.15, 0.2) is 0 Å². The van der Waals surface area contributed by atoms with E-state index in [4.69, 9.17) is 16.3 Å². The van der Waals surface area contributed by atoms with Crippen molar-refractivity contribution in [1.82, 2.24) is 5.32 Å². The zero-order chi connectivity index (χ0) is 8.81. The maximum Gasteiger partial charge on any atom is 0.220 e. The highest BCUT2D eigenvalue weighted by molar-refractivity contribution is 6.17. The van der Waals surface area contributed by atoms with Gasteiger partial charge in [0.1, 0.15) is 0 Å². The molecule has 4 heteroatoms. The average Bonchev–Trinajstić information content (AvgIpc) is 1.98. The van der Waals surface area contributed by atoms with Crippen molar-refractivity contribution in [3.63, 3.8) is 0 Å². The zero-order valence-corrected chi connectivity index (χ0v) is 7.77. The van der Waals surface area contributed by atoms with E-state index in [9.17, 15) is 4.79 Å². The van der Waals surface area contributed by atoms with Gasteiger partial charge in [-0.3, -0.25) is 4.79 Å². The molecule has 0 radical (unpaired) electrons. The molecule has 0 saturated carbocycles. The van der Waals surface area contributed by atoms with E-state index in [0.717, 1.165) is 19.4 Å². The minimum atomic E-state index is 0.0751. The summed E-state index contributed by atoms with van der Waals surface area (Å²) < 4.78 is 5.14. The van der Waals surface area contributed by atoms with Crippen molar-refractivity contribution >= 4 is 17.5 Å². The van der Waals surface area contributed by atoms with Crippen molar-refractivity contribution in [2.45, 2.75) is 25.4 Å². The molecule has 1 aliphatic rings. The van der Waals surface area contributed by atoms with Gasteiger partial charge < -0.3 is 10.1 Å². The van der Waals surface area contributed by atoms with Gasteiger partial charge in [-0.2, -0.15) is 0 Å². The zero-order valence-electron chi connectivity index (χ0n) is 7.01. The van der Waals surface area contributed by atoms with Crippen LogP contribution in [0, 0.1) is 0 Å². The van der Waals surface area contributed by atoms with E-state index in [1.165, 1.54) is 0 Å². The molecule has 0 aromatic heterocycles. The fraction of sp³-hybridized carbons (Fsp3) is 0.875. The van der Waals surface area contributed by atoms with Gasteiger partial charge in [-0.1, -0.05) is 0 Å². The summed E-state index contributed by atoms with van der Waals surface area (Å²) in [5, 5.41) is 2.80. The van der Waals surface area contributed by atoms with E-state index in [1.54, 1.807) is 0 Å². The molecular formula is C8H14ClNO2. The topological polar surface area (TPSA) is 38.3 Å². The first-order valence-corrected chi connectivity index (χ1v) is 4.80. The molecular weight excluding hydrogens is 178 g/mol. The van der Waals surface area contributed by atoms with Crippen LogP contribution in [0.1, 0.15) is 19.3 Å². The van der Waals surface area contributed by atoms with Crippen LogP contribution in [0.5, 0.6) is 0 Å². The standard InChI is InChI=1S/C8H14ClNO2/c9-4-1-2-8(11)10-6-7-3-5-12-7/h7H,1-6H2,(H,10,11). The molecule has 1 heterocycles. The Balaban J connectivity index is 1.94. The van der Waals surface area contributed by atoms with Crippen LogP contribution < -0.4 is 5.32 Å². The van der Waals surface area contributed by atoms with Crippen LogP contribution in [0.25, 0.3) is 0 Å². The minimum absolute atomic E-state index is 0.0751. The molecule has 12 heavy (non-hydrogen) atoms. The molecule has 0 aromatic rings. The van der Waals surface area contributed by atoms with Gasteiger partial charge in [0.25, 0.3) is 0 Å². The second-order valence-corrected chi connectivity index (χ2v) is 3.26. The van der Waals surface area contributed by atoms with Gasteiger partial charge in [0.15, 0.2) is 0 Å². The molecule has 1 unspecified atom stereocenters. The van der Waals surface area contributed by atoms with Crippen molar-refractivity contribution in [3.8, 4) is 0 Å². The molecule has 1 amide bonds. The molecule has 1 saturated heterocycles. The molecule has 1 atom stereocenters. The molecule has 70 valence electrons. The predicted octanol–water partition coefficient (Wildman–Crippen LogP) is 0.911. The Morgan fingerprint density at radius 1 is 1.67 bits per heavy atom. The van der Waals surface area contributed by atoms with Crippen LogP contribution >= 0.6 is 11.6 Å². The van der Waals surface area contributed by atoms with Gasteiger partial charge in [0, 0.05) is 25.5 Å². The molecule has 1 aliphatic heterocycles. The van der Waals surface area contributed by atoms with E-state index in [-0.39, 0.29) is 12.0 Å². The van der Waals surface area contributed by atoms with Crippen LogP contribution in [-0.2, 0) is 9.53 Å². The number of amides is 1. The van der Waals surface area contributed by atoms with Crippen molar-refractivity contribution in [2.24, 2.45) is 0 Å². The summed E-state index contributed by atoms with van der Waals surface area (Å²) in [4.78, 5) is 11.0. The fourth-order valence-electron chi connectivity index (χ4n) is 0.989. The second-order valence-electron chi connectivity index (χ2n) is 2.88. The third-order valence-corrected chi connectivity index (χ3v) is 2.13. The SMILES string of the molecule is O=C(CCCCl)NCC1CCO1. The number of halogens is 1. The van der Waals surface area contributed by atoms with E-state index in [1.807, 2.05) is 0 Å². The summed E-state index contributed by atoms with van der Waals surface area (Å²) in [7, 11) is 0. The van der Waals surface area contributed by atoms with Gasteiger partial charge in [-0.05, 0) is 12.8 Å². The van der Waals surface area contributed by atoms with Crippen molar-refractivity contribution in [2.75, 3.05) is 19.0 Å². The Labute approximate surface area is 77.4 Å². The Kier molecular flexibility index (Phi) is 4.40. The van der Waals surface area contributed by atoms with Gasteiger partial charge in [-0.25, -0.2) is 0 Å². The number of carbonyl (C=O) groups is 1. The maximum atomic E-state index is 11.0. The Bertz CT molecular complexity index is 148. The van der Waals surface area contributed by atoms with Gasteiger partial charge >= 0.3 is 0 Å². The number of nitrogens with one attached hydrogen (secondary N) is 1. The highest BCUT2D eigenvalue weighted by Gasteiger charge is 2.17. The largest absolute Gasteiger partial charge is 0.376 e. The van der Waals surface area contributed by atoms with Crippen LogP contribution in [0.2, 0.25) is 0 Å². The predicted molar refractivity (Wildman–Crippen MR) is 47.3 cm³/mol. The molecule has 0 bridgehead atoms. The van der Waals surface area contributed by atoms with Crippen LogP contribution in [-0.4, -0.2) is 31.0 Å². The minimum Gasteiger partial charge on any atom is -0.376 e. The highest BCUT2D eigenvalue weighted by Crippen LogP contribution is 2.08. The normalized spacial score (nSPS) is 21.6. The highest BCUT2D eigenvalue weighted by atomic mass is 35.5. The first-order chi connectivity index (χ1) is 5.83. The third-order valence-electron chi connectivity index (χ3n) is 1.86. The molecule has 1 N–H and O–H groups in total.